The van der Waals surface area contributed by atoms with Crippen LogP contribution in [0.3, 0.4) is 0 Å². The molecule has 4 bridgehead atoms. The van der Waals surface area contributed by atoms with Crippen LogP contribution in [0.25, 0.3) is 0 Å². The highest BCUT2D eigenvalue weighted by atomic mass is 16.2. The molecule has 142 valence electrons. The first-order valence-corrected chi connectivity index (χ1v) is 10.1. The van der Waals surface area contributed by atoms with Crippen molar-refractivity contribution in [2.75, 3.05) is 13.1 Å². The van der Waals surface area contributed by atoms with Crippen molar-refractivity contribution in [3.8, 4) is 0 Å². The van der Waals surface area contributed by atoms with Gasteiger partial charge in [-0.15, -0.1) is 0 Å². The summed E-state index contributed by atoms with van der Waals surface area (Å²) in [6.45, 7) is 1.96. The van der Waals surface area contributed by atoms with E-state index >= 15 is 0 Å². The van der Waals surface area contributed by atoms with Crippen molar-refractivity contribution in [1.82, 2.24) is 20.2 Å². The monoisotopic (exact) mass is 358 g/mol. The van der Waals surface area contributed by atoms with Crippen molar-refractivity contribution in [3.05, 3.63) is 18.7 Å². The molecule has 0 saturated heterocycles. The maximum atomic E-state index is 12.8. The number of nitrogens with zero attached hydrogens (tertiary/aromatic N) is 2. The lowest BCUT2D eigenvalue weighted by molar-refractivity contribution is -0.146. The van der Waals surface area contributed by atoms with E-state index in [1.54, 1.807) is 12.5 Å². The van der Waals surface area contributed by atoms with Gasteiger partial charge in [-0.3, -0.25) is 9.59 Å². The highest BCUT2D eigenvalue weighted by Crippen LogP contribution is 2.60. The number of carbonyl (C=O) groups excluding carboxylic acids is 2. The summed E-state index contributed by atoms with van der Waals surface area (Å²) in [4.78, 5) is 28.8. The first kappa shape index (κ1) is 17.6. The normalized spacial score (nSPS) is 31.8. The van der Waals surface area contributed by atoms with Gasteiger partial charge in [0.25, 0.3) is 0 Å². The van der Waals surface area contributed by atoms with Crippen molar-refractivity contribution >= 4 is 11.8 Å². The van der Waals surface area contributed by atoms with Gasteiger partial charge in [-0.1, -0.05) is 0 Å². The van der Waals surface area contributed by atoms with E-state index in [-0.39, 0.29) is 17.2 Å². The number of aryl methyl sites for hydroxylation is 1. The average Bonchev–Trinajstić information content (AvgIpc) is 3.11. The molecule has 6 nitrogen and oxygen atoms in total. The van der Waals surface area contributed by atoms with Crippen LogP contribution in [0.15, 0.2) is 18.7 Å². The molecule has 0 atom stereocenters. The van der Waals surface area contributed by atoms with E-state index in [0.717, 1.165) is 50.0 Å². The number of amides is 2. The molecule has 2 amide bonds. The van der Waals surface area contributed by atoms with E-state index < -0.39 is 0 Å². The van der Waals surface area contributed by atoms with Gasteiger partial charge in [0.1, 0.15) is 0 Å². The van der Waals surface area contributed by atoms with Crippen LogP contribution in [0.1, 0.15) is 51.4 Å². The van der Waals surface area contributed by atoms with Gasteiger partial charge in [-0.05, 0) is 62.7 Å². The first-order valence-electron chi connectivity index (χ1n) is 10.1. The molecule has 4 saturated carbocycles. The molecule has 0 spiro atoms. The Hall–Kier alpha value is -1.85. The molecule has 26 heavy (non-hydrogen) atoms. The summed E-state index contributed by atoms with van der Waals surface area (Å²) in [6.07, 6.45) is 13.9. The summed E-state index contributed by atoms with van der Waals surface area (Å²) >= 11 is 0. The van der Waals surface area contributed by atoms with E-state index in [4.69, 9.17) is 0 Å². The van der Waals surface area contributed by atoms with Crippen LogP contribution < -0.4 is 10.6 Å². The number of hydrogen-bond donors (Lipinski definition) is 2. The molecular formula is C20H30N4O2. The molecule has 6 heteroatoms. The van der Waals surface area contributed by atoms with Gasteiger partial charge in [-0.25, -0.2) is 4.98 Å². The van der Waals surface area contributed by atoms with Crippen LogP contribution in [0.5, 0.6) is 0 Å². The number of carbonyl (C=O) groups is 2. The van der Waals surface area contributed by atoms with Crippen LogP contribution in [0.2, 0.25) is 0 Å². The van der Waals surface area contributed by atoms with Crippen molar-refractivity contribution in [2.45, 2.75) is 57.9 Å². The van der Waals surface area contributed by atoms with Gasteiger partial charge < -0.3 is 15.2 Å². The van der Waals surface area contributed by atoms with E-state index in [1.807, 2.05) is 10.8 Å². The van der Waals surface area contributed by atoms with Gasteiger partial charge >= 0.3 is 0 Å². The molecule has 4 aliphatic carbocycles. The summed E-state index contributed by atoms with van der Waals surface area (Å²) in [5.41, 5.74) is -0.115. The van der Waals surface area contributed by atoms with E-state index in [0.29, 0.717) is 19.5 Å². The maximum Gasteiger partial charge on any atom is 0.226 e. The highest BCUT2D eigenvalue weighted by Gasteiger charge is 2.54. The zero-order valence-electron chi connectivity index (χ0n) is 15.5. The summed E-state index contributed by atoms with van der Waals surface area (Å²) < 4.78 is 2.00. The Morgan fingerprint density at radius 2 is 1.73 bits per heavy atom. The molecular weight excluding hydrogens is 328 g/mol. The number of rotatable bonds is 8. The van der Waals surface area contributed by atoms with Crippen molar-refractivity contribution in [2.24, 2.45) is 23.2 Å². The summed E-state index contributed by atoms with van der Waals surface area (Å²) in [5.74, 6) is 2.54. The van der Waals surface area contributed by atoms with Gasteiger partial charge in [0.2, 0.25) is 11.8 Å². The third-order valence-electron chi connectivity index (χ3n) is 6.63. The number of nitrogens with one attached hydrogen (secondary N) is 2. The molecule has 0 aromatic carbocycles. The lowest BCUT2D eigenvalue weighted by Crippen LogP contribution is -2.53. The topological polar surface area (TPSA) is 76.0 Å². The smallest absolute Gasteiger partial charge is 0.226 e. The lowest BCUT2D eigenvalue weighted by atomic mass is 9.49. The number of hydrogen-bond acceptors (Lipinski definition) is 3. The molecule has 4 fully saturated rings. The third kappa shape index (κ3) is 3.79. The molecule has 4 aliphatic rings. The molecule has 1 heterocycles. The second-order valence-electron chi connectivity index (χ2n) is 8.71. The zero-order chi connectivity index (χ0) is 18.0. The fourth-order valence-electron chi connectivity index (χ4n) is 5.86. The largest absolute Gasteiger partial charge is 0.356 e. The second-order valence-corrected chi connectivity index (χ2v) is 8.71. The van der Waals surface area contributed by atoms with Gasteiger partial charge in [0.05, 0.1) is 6.33 Å². The van der Waals surface area contributed by atoms with E-state index in [2.05, 4.69) is 15.6 Å². The predicted molar refractivity (Wildman–Crippen MR) is 98.1 cm³/mol. The number of aromatic nitrogens is 2. The molecule has 5 rings (SSSR count). The summed E-state index contributed by atoms with van der Waals surface area (Å²) in [7, 11) is 0. The Labute approximate surface area is 155 Å². The van der Waals surface area contributed by atoms with Crippen LogP contribution >= 0.6 is 0 Å². The maximum absolute atomic E-state index is 12.8. The molecule has 1 aromatic heterocycles. The fourth-order valence-corrected chi connectivity index (χ4v) is 5.86. The molecule has 0 unspecified atom stereocenters. The van der Waals surface area contributed by atoms with Gasteiger partial charge in [0, 0.05) is 43.9 Å². The van der Waals surface area contributed by atoms with Crippen LogP contribution in [0.4, 0.5) is 0 Å². The molecule has 0 radical (unpaired) electrons. The van der Waals surface area contributed by atoms with Crippen molar-refractivity contribution in [3.63, 3.8) is 0 Å². The minimum atomic E-state index is -0.115. The Morgan fingerprint density at radius 3 is 2.35 bits per heavy atom. The average molecular weight is 358 g/mol. The SMILES string of the molecule is O=C(CCNC(=O)C12CC3CC(CC(C3)C1)C2)NCCCn1ccnc1. The minimum absolute atomic E-state index is 0.0152. The van der Waals surface area contributed by atoms with Crippen molar-refractivity contribution in [1.29, 1.82) is 0 Å². The predicted octanol–water partition coefficient (Wildman–Crippen LogP) is 2.11. The van der Waals surface area contributed by atoms with Gasteiger partial charge in [0.15, 0.2) is 0 Å². The molecule has 0 aliphatic heterocycles. The van der Waals surface area contributed by atoms with Crippen LogP contribution in [-0.2, 0) is 16.1 Å². The third-order valence-corrected chi connectivity index (χ3v) is 6.63. The minimum Gasteiger partial charge on any atom is -0.356 e. The van der Waals surface area contributed by atoms with Crippen LogP contribution in [0, 0.1) is 23.2 Å². The number of imidazole rings is 1. The summed E-state index contributed by atoms with van der Waals surface area (Å²) in [6, 6.07) is 0. The van der Waals surface area contributed by atoms with Crippen molar-refractivity contribution < 1.29 is 9.59 Å². The Kier molecular flexibility index (Phi) is 5.00. The quantitative estimate of drug-likeness (QED) is 0.699. The molecule has 2 N–H and O–H groups in total. The standard InChI is InChI=1S/C20H30N4O2/c25-18(22-3-1-6-24-7-5-21-14-24)2-4-23-19(26)20-11-15-8-16(12-20)10-17(9-15)13-20/h5,7,14-17H,1-4,6,8-13H2,(H,22,25)(H,23,26). The lowest BCUT2D eigenvalue weighted by Gasteiger charge is -2.55. The Morgan fingerprint density at radius 1 is 1.04 bits per heavy atom. The summed E-state index contributed by atoms with van der Waals surface area (Å²) in [5, 5.41) is 6.00. The highest BCUT2D eigenvalue weighted by molar-refractivity contribution is 5.84. The Bertz CT molecular complexity index is 605. The Balaban J connectivity index is 1.14. The van der Waals surface area contributed by atoms with E-state index in [1.165, 1.54) is 19.3 Å². The zero-order valence-corrected chi connectivity index (χ0v) is 15.5. The fraction of sp³-hybridized carbons (Fsp3) is 0.750. The second kappa shape index (κ2) is 7.41. The van der Waals surface area contributed by atoms with Crippen LogP contribution in [-0.4, -0.2) is 34.5 Å². The molecule has 1 aromatic rings. The van der Waals surface area contributed by atoms with Gasteiger partial charge in [-0.2, -0.15) is 0 Å². The van der Waals surface area contributed by atoms with E-state index in [9.17, 15) is 9.59 Å². The first-order chi connectivity index (χ1) is 12.6.